The zero-order chi connectivity index (χ0) is 13.4. The Hall–Kier alpha value is -0.740. The summed E-state index contributed by atoms with van der Waals surface area (Å²) >= 11 is 13.4. The number of aliphatic hydroxyl groups is 1. The lowest BCUT2D eigenvalue weighted by Gasteiger charge is -2.12. The number of hydrogen-bond donors (Lipinski definition) is 1. The van der Waals surface area contributed by atoms with Crippen LogP contribution in [0.1, 0.15) is 22.1 Å². The van der Waals surface area contributed by atoms with E-state index in [2.05, 4.69) is 0 Å². The summed E-state index contributed by atoms with van der Waals surface area (Å²) in [6, 6.07) is 5.59. The molecule has 1 N–H and O–H groups in total. The van der Waals surface area contributed by atoms with Gasteiger partial charge in [0.1, 0.15) is 5.75 Å². The minimum atomic E-state index is -0.579. The van der Waals surface area contributed by atoms with Crippen molar-refractivity contribution >= 4 is 34.5 Å². The molecular formula is C14H12Cl2O2S. The molecule has 1 aliphatic heterocycles. The fourth-order valence-electron chi connectivity index (χ4n) is 2.31. The second kappa shape index (κ2) is 5.33. The molecular weight excluding hydrogens is 303 g/mol. The number of ether oxygens (including phenoxy) is 1. The fraction of sp³-hybridized carbons (Fsp3) is 0.286. The van der Waals surface area contributed by atoms with Gasteiger partial charge in [0.2, 0.25) is 0 Å². The third-order valence-electron chi connectivity index (χ3n) is 3.15. The molecule has 1 atom stereocenters. The van der Waals surface area contributed by atoms with Crippen molar-refractivity contribution < 1.29 is 9.84 Å². The van der Waals surface area contributed by atoms with Crippen molar-refractivity contribution in [1.82, 2.24) is 0 Å². The van der Waals surface area contributed by atoms with Crippen LogP contribution in [0, 0.1) is 0 Å². The molecule has 0 saturated carbocycles. The first-order valence-corrected chi connectivity index (χ1v) is 7.63. The summed E-state index contributed by atoms with van der Waals surface area (Å²) in [7, 11) is 0. The number of thiophene rings is 1. The van der Waals surface area contributed by atoms with Gasteiger partial charge in [-0.05, 0) is 29.3 Å². The highest BCUT2D eigenvalue weighted by molar-refractivity contribution is 7.10. The third kappa shape index (κ3) is 2.75. The summed E-state index contributed by atoms with van der Waals surface area (Å²) in [6.07, 6.45) is 0.785. The van der Waals surface area contributed by atoms with Gasteiger partial charge in [0.15, 0.2) is 0 Å². The molecule has 2 nitrogen and oxygen atoms in total. The van der Waals surface area contributed by atoms with E-state index in [4.69, 9.17) is 27.9 Å². The molecule has 100 valence electrons. The van der Waals surface area contributed by atoms with Crippen LogP contribution >= 0.6 is 34.5 Å². The van der Waals surface area contributed by atoms with Crippen LogP contribution in [0.3, 0.4) is 0 Å². The molecule has 0 saturated heterocycles. The van der Waals surface area contributed by atoms with Crippen LogP contribution in [0.4, 0.5) is 0 Å². The molecule has 2 heterocycles. The van der Waals surface area contributed by atoms with E-state index < -0.39 is 6.10 Å². The van der Waals surface area contributed by atoms with Crippen molar-refractivity contribution in [3.05, 3.63) is 49.6 Å². The summed E-state index contributed by atoms with van der Waals surface area (Å²) < 4.78 is 5.63. The van der Waals surface area contributed by atoms with Crippen molar-refractivity contribution in [1.29, 1.82) is 0 Å². The molecule has 1 aromatic carbocycles. The largest absolute Gasteiger partial charge is 0.493 e. The zero-order valence-electron chi connectivity index (χ0n) is 10.0. The van der Waals surface area contributed by atoms with Crippen molar-refractivity contribution in [3.63, 3.8) is 0 Å². The number of rotatable bonds is 3. The molecule has 5 heteroatoms. The minimum Gasteiger partial charge on any atom is -0.493 e. The highest BCUT2D eigenvalue weighted by Crippen LogP contribution is 2.36. The number of halogens is 2. The Morgan fingerprint density at radius 3 is 2.84 bits per heavy atom. The SMILES string of the molecule is OC(Cc1cc(Cl)cc2c1OCC2)c1cc(Cl)cs1. The van der Waals surface area contributed by atoms with Crippen LogP contribution in [0.25, 0.3) is 0 Å². The van der Waals surface area contributed by atoms with Gasteiger partial charge in [0.25, 0.3) is 0 Å². The van der Waals surface area contributed by atoms with Gasteiger partial charge in [-0.25, -0.2) is 0 Å². The second-order valence-corrected chi connectivity index (χ2v) is 6.35. The molecule has 0 aliphatic carbocycles. The molecule has 3 rings (SSSR count). The Bertz CT molecular complexity index is 609. The van der Waals surface area contributed by atoms with Crippen LogP contribution in [0.15, 0.2) is 23.6 Å². The molecule has 0 spiro atoms. The lowest BCUT2D eigenvalue weighted by atomic mass is 10.0. The quantitative estimate of drug-likeness (QED) is 0.917. The van der Waals surface area contributed by atoms with Crippen LogP contribution < -0.4 is 4.74 Å². The predicted octanol–water partition coefficient (Wildman–Crippen LogP) is 4.27. The Labute approximate surface area is 125 Å². The van der Waals surface area contributed by atoms with Crippen molar-refractivity contribution in [2.75, 3.05) is 6.61 Å². The lowest BCUT2D eigenvalue weighted by Crippen LogP contribution is -2.01. The van der Waals surface area contributed by atoms with Crippen molar-refractivity contribution in [2.45, 2.75) is 18.9 Å². The van der Waals surface area contributed by atoms with Gasteiger partial charge in [-0.2, -0.15) is 0 Å². The highest BCUT2D eigenvalue weighted by Gasteiger charge is 2.20. The Morgan fingerprint density at radius 2 is 2.11 bits per heavy atom. The first-order valence-electron chi connectivity index (χ1n) is 5.99. The van der Waals surface area contributed by atoms with Crippen molar-refractivity contribution in [2.24, 2.45) is 0 Å². The van der Waals surface area contributed by atoms with E-state index in [0.29, 0.717) is 23.1 Å². The Morgan fingerprint density at radius 1 is 1.26 bits per heavy atom. The van der Waals surface area contributed by atoms with Gasteiger partial charge in [0.05, 0.1) is 17.7 Å². The number of hydrogen-bond acceptors (Lipinski definition) is 3. The van der Waals surface area contributed by atoms with Gasteiger partial charge in [0, 0.05) is 28.1 Å². The van der Waals surface area contributed by atoms with Crippen LogP contribution in [0.2, 0.25) is 10.0 Å². The monoisotopic (exact) mass is 314 g/mol. The standard InChI is InChI=1S/C14H12Cl2O2S/c15-10-3-8-1-2-18-14(8)9(4-10)5-12(17)13-6-11(16)7-19-13/h3-4,6-7,12,17H,1-2,5H2. The zero-order valence-corrected chi connectivity index (χ0v) is 12.4. The minimum absolute atomic E-state index is 0.486. The van der Waals surface area contributed by atoms with E-state index in [-0.39, 0.29) is 0 Å². The van der Waals surface area contributed by atoms with E-state index in [1.54, 1.807) is 6.07 Å². The summed E-state index contributed by atoms with van der Waals surface area (Å²) in [4.78, 5) is 0.858. The van der Waals surface area contributed by atoms with E-state index in [9.17, 15) is 5.11 Å². The van der Waals surface area contributed by atoms with E-state index >= 15 is 0 Å². The maximum atomic E-state index is 10.3. The molecule has 1 aliphatic rings. The maximum Gasteiger partial charge on any atom is 0.126 e. The summed E-state index contributed by atoms with van der Waals surface area (Å²) in [5, 5.41) is 13.4. The highest BCUT2D eigenvalue weighted by atomic mass is 35.5. The summed E-state index contributed by atoms with van der Waals surface area (Å²) in [5.41, 5.74) is 2.08. The van der Waals surface area contributed by atoms with Crippen molar-refractivity contribution in [3.8, 4) is 5.75 Å². The maximum absolute atomic E-state index is 10.3. The van der Waals surface area contributed by atoms with E-state index in [0.717, 1.165) is 28.2 Å². The van der Waals surface area contributed by atoms with E-state index in [1.807, 2.05) is 17.5 Å². The van der Waals surface area contributed by atoms with Gasteiger partial charge in [-0.1, -0.05) is 23.2 Å². The molecule has 19 heavy (non-hydrogen) atoms. The average Bonchev–Trinajstić information content (AvgIpc) is 2.97. The topological polar surface area (TPSA) is 29.5 Å². The third-order valence-corrected chi connectivity index (χ3v) is 4.75. The summed E-state index contributed by atoms with van der Waals surface area (Å²) in [6.45, 7) is 0.684. The molecule has 0 amide bonds. The van der Waals surface area contributed by atoms with Crippen LogP contribution in [-0.2, 0) is 12.8 Å². The smallest absolute Gasteiger partial charge is 0.126 e. The molecule has 0 fully saturated rings. The normalized spacial score (nSPS) is 15.1. The Kier molecular flexibility index (Phi) is 3.72. The molecule has 0 radical (unpaired) electrons. The average molecular weight is 315 g/mol. The van der Waals surface area contributed by atoms with Crippen LogP contribution in [-0.4, -0.2) is 11.7 Å². The number of fused-ring (bicyclic) bond motifs is 1. The molecule has 0 bridgehead atoms. The summed E-state index contributed by atoms with van der Waals surface area (Å²) in [5.74, 6) is 0.881. The number of aliphatic hydroxyl groups excluding tert-OH is 1. The van der Waals surface area contributed by atoms with Gasteiger partial charge in [-0.15, -0.1) is 11.3 Å². The molecule has 1 aromatic heterocycles. The first kappa shape index (κ1) is 13.3. The first-order chi connectivity index (χ1) is 9.13. The van der Waals surface area contributed by atoms with Gasteiger partial charge in [-0.3, -0.25) is 0 Å². The Balaban J connectivity index is 1.87. The number of benzene rings is 1. The second-order valence-electron chi connectivity index (χ2n) is 4.54. The van der Waals surface area contributed by atoms with Gasteiger partial charge < -0.3 is 9.84 Å². The lowest BCUT2D eigenvalue weighted by molar-refractivity contribution is 0.181. The van der Waals surface area contributed by atoms with E-state index in [1.165, 1.54) is 11.3 Å². The fourth-order valence-corrected chi connectivity index (χ4v) is 3.64. The molecule has 1 unspecified atom stereocenters. The van der Waals surface area contributed by atoms with Crippen LogP contribution in [0.5, 0.6) is 5.75 Å². The molecule has 2 aromatic rings. The predicted molar refractivity (Wildman–Crippen MR) is 78.6 cm³/mol. The van der Waals surface area contributed by atoms with Gasteiger partial charge >= 0.3 is 0 Å².